The molecule has 0 saturated carbocycles. The van der Waals surface area contributed by atoms with Gasteiger partial charge in [0.2, 0.25) is 0 Å². The van der Waals surface area contributed by atoms with E-state index in [2.05, 4.69) is 0 Å². The van der Waals surface area contributed by atoms with Crippen molar-refractivity contribution in [2.45, 2.75) is 56.7 Å². The molecular formula is C13H16F7NO3. The molecule has 0 unspecified atom stereocenters. The molecule has 24 heavy (non-hydrogen) atoms. The zero-order valence-electron chi connectivity index (χ0n) is 12.8. The summed E-state index contributed by atoms with van der Waals surface area (Å²) in [5, 5.41) is 9.31. The predicted molar refractivity (Wildman–Crippen MR) is 66.7 cm³/mol. The Labute approximate surface area is 132 Å². The van der Waals surface area contributed by atoms with Gasteiger partial charge in [0.1, 0.15) is 5.54 Å². The first-order chi connectivity index (χ1) is 10.6. The first kappa shape index (κ1) is 20.5. The Kier molecular flexibility index (Phi) is 5.18. The Morgan fingerprint density at radius 2 is 1.62 bits per heavy atom. The SMILES string of the molecule is CC(C)C[C@@]1(C(=O)O)CCCN1C(=O)C(F)(F)C(F)(F)C(F)(F)F. The molecule has 1 aliphatic heterocycles. The number of hydrogen-bond acceptors (Lipinski definition) is 2. The van der Waals surface area contributed by atoms with Crippen LogP contribution in [-0.4, -0.2) is 52.0 Å². The summed E-state index contributed by atoms with van der Waals surface area (Å²) < 4.78 is 90.0. The average molecular weight is 367 g/mol. The highest BCUT2D eigenvalue weighted by Crippen LogP contribution is 2.49. The molecule has 1 rings (SSSR count). The summed E-state index contributed by atoms with van der Waals surface area (Å²) in [6.45, 7) is 2.38. The van der Waals surface area contributed by atoms with Crippen LogP contribution in [0.15, 0.2) is 0 Å². The number of rotatable bonds is 5. The van der Waals surface area contributed by atoms with E-state index >= 15 is 0 Å². The lowest BCUT2D eigenvalue weighted by Gasteiger charge is -2.39. The Morgan fingerprint density at radius 3 is 2.00 bits per heavy atom. The first-order valence-electron chi connectivity index (χ1n) is 6.99. The zero-order valence-corrected chi connectivity index (χ0v) is 12.8. The van der Waals surface area contributed by atoms with Crippen LogP contribution in [0.5, 0.6) is 0 Å². The van der Waals surface area contributed by atoms with E-state index in [0.717, 1.165) is 0 Å². The molecular weight excluding hydrogens is 351 g/mol. The first-order valence-corrected chi connectivity index (χ1v) is 6.99. The lowest BCUT2D eigenvalue weighted by molar-refractivity contribution is -0.346. The maximum atomic E-state index is 13.6. The molecule has 1 amide bonds. The molecule has 0 radical (unpaired) electrons. The number of hydrogen-bond donors (Lipinski definition) is 1. The fourth-order valence-corrected chi connectivity index (χ4v) is 2.85. The Bertz CT molecular complexity index is 518. The van der Waals surface area contributed by atoms with Crippen LogP contribution in [0.4, 0.5) is 30.7 Å². The van der Waals surface area contributed by atoms with Gasteiger partial charge in [0.05, 0.1) is 0 Å². The van der Waals surface area contributed by atoms with Gasteiger partial charge in [-0.15, -0.1) is 0 Å². The maximum Gasteiger partial charge on any atom is 0.460 e. The number of amides is 1. The van der Waals surface area contributed by atoms with Crippen molar-refractivity contribution in [2.24, 2.45) is 5.92 Å². The molecule has 4 nitrogen and oxygen atoms in total. The molecule has 0 aromatic heterocycles. The van der Waals surface area contributed by atoms with Gasteiger partial charge in [0.25, 0.3) is 0 Å². The Balaban J connectivity index is 3.32. The van der Waals surface area contributed by atoms with Crippen LogP contribution in [0, 0.1) is 5.92 Å². The van der Waals surface area contributed by atoms with Crippen LogP contribution in [0.1, 0.15) is 33.1 Å². The van der Waals surface area contributed by atoms with Crippen LogP contribution in [0.3, 0.4) is 0 Å². The van der Waals surface area contributed by atoms with E-state index < -0.39 is 47.9 Å². The van der Waals surface area contributed by atoms with E-state index in [1.165, 1.54) is 13.8 Å². The van der Waals surface area contributed by atoms with Crippen molar-refractivity contribution in [1.29, 1.82) is 0 Å². The van der Waals surface area contributed by atoms with Crippen LogP contribution in [-0.2, 0) is 9.59 Å². The number of halogens is 7. The monoisotopic (exact) mass is 367 g/mol. The minimum atomic E-state index is -6.66. The van der Waals surface area contributed by atoms with E-state index in [0.29, 0.717) is 0 Å². The largest absolute Gasteiger partial charge is 0.479 e. The van der Waals surface area contributed by atoms with Crippen LogP contribution in [0.25, 0.3) is 0 Å². The summed E-state index contributed by atoms with van der Waals surface area (Å²) in [5.41, 5.74) is -2.23. The molecule has 1 N–H and O–H groups in total. The van der Waals surface area contributed by atoms with Gasteiger partial charge >= 0.3 is 29.9 Å². The highest BCUT2D eigenvalue weighted by Gasteiger charge is 2.77. The van der Waals surface area contributed by atoms with Crippen LogP contribution >= 0.6 is 0 Å². The van der Waals surface area contributed by atoms with Crippen LogP contribution < -0.4 is 0 Å². The van der Waals surface area contributed by atoms with Gasteiger partial charge in [0.15, 0.2) is 0 Å². The fourth-order valence-electron chi connectivity index (χ4n) is 2.85. The number of carbonyl (C=O) groups excluding carboxylic acids is 1. The topological polar surface area (TPSA) is 57.6 Å². The molecule has 1 heterocycles. The average Bonchev–Trinajstić information content (AvgIpc) is 2.80. The maximum absolute atomic E-state index is 13.6. The fraction of sp³-hybridized carbons (Fsp3) is 0.846. The predicted octanol–water partition coefficient (Wildman–Crippen LogP) is 3.31. The van der Waals surface area contributed by atoms with Gasteiger partial charge in [0, 0.05) is 6.54 Å². The number of likely N-dealkylation sites (tertiary alicyclic amines) is 1. The highest BCUT2D eigenvalue weighted by molar-refractivity contribution is 5.92. The second kappa shape index (κ2) is 6.07. The second-order valence-electron chi connectivity index (χ2n) is 6.14. The minimum Gasteiger partial charge on any atom is -0.479 e. The van der Waals surface area contributed by atoms with Crippen LogP contribution in [0.2, 0.25) is 0 Å². The number of carboxylic acid groups (broad SMARTS) is 1. The quantitative estimate of drug-likeness (QED) is 0.759. The summed E-state index contributed by atoms with van der Waals surface area (Å²) in [6, 6.07) is 0. The zero-order chi connectivity index (χ0) is 19.1. The van der Waals surface area contributed by atoms with Gasteiger partial charge in [-0.05, 0) is 25.2 Å². The van der Waals surface area contributed by atoms with Gasteiger partial charge < -0.3 is 10.0 Å². The molecule has 1 atom stereocenters. The molecule has 0 bridgehead atoms. The van der Waals surface area contributed by atoms with E-state index in [-0.39, 0.29) is 24.2 Å². The van der Waals surface area contributed by atoms with Gasteiger partial charge in [-0.2, -0.15) is 30.7 Å². The van der Waals surface area contributed by atoms with Gasteiger partial charge in [-0.1, -0.05) is 13.8 Å². The summed E-state index contributed by atoms with van der Waals surface area (Å²) in [6.07, 6.45) is -7.41. The third-order valence-electron chi connectivity index (χ3n) is 3.90. The third kappa shape index (κ3) is 3.04. The molecule has 0 aliphatic carbocycles. The van der Waals surface area contributed by atoms with Gasteiger partial charge in [-0.3, -0.25) is 4.79 Å². The molecule has 1 saturated heterocycles. The van der Waals surface area contributed by atoms with E-state index in [4.69, 9.17) is 0 Å². The molecule has 0 aromatic rings. The van der Waals surface area contributed by atoms with Crippen molar-refractivity contribution in [3.63, 3.8) is 0 Å². The van der Waals surface area contributed by atoms with E-state index in [9.17, 15) is 45.4 Å². The number of aliphatic carboxylic acids is 1. The third-order valence-corrected chi connectivity index (χ3v) is 3.90. The minimum absolute atomic E-state index is 0.0466. The summed E-state index contributed by atoms with van der Waals surface area (Å²) in [7, 11) is 0. The molecule has 140 valence electrons. The van der Waals surface area contributed by atoms with Crippen molar-refractivity contribution in [1.82, 2.24) is 4.90 Å². The Hall–Kier alpha value is -1.55. The highest BCUT2D eigenvalue weighted by atomic mass is 19.4. The molecule has 0 spiro atoms. The summed E-state index contributed by atoms with van der Waals surface area (Å²) in [5.74, 6) is -17.7. The number of nitrogens with zero attached hydrogens (tertiary/aromatic N) is 1. The molecule has 1 aliphatic rings. The smallest absolute Gasteiger partial charge is 0.460 e. The van der Waals surface area contributed by atoms with Crippen molar-refractivity contribution in [3.05, 3.63) is 0 Å². The number of carboxylic acids is 1. The molecule has 1 fully saturated rings. The van der Waals surface area contributed by atoms with E-state index in [1.807, 2.05) is 0 Å². The lowest BCUT2D eigenvalue weighted by atomic mass is 9.86. The van der Waals surface area contributed by atoms with Crippen molar-refractivity contribution >= 4 is 11.9 Å². The number of alkyl halides is 7. The summed E-state index contributed by atoms with van der Waals surface area (Å²) >= 11 is 0. The summed E-state index contributed by atoms with van der Waals surface area (Å²) in [4.78, 5) is 23.2. The standard InChI is InChI=1S/C13H16F7NO3/c1-7(2)6-10(9(23)24)4-3-5-21(10)8(22)11(14,15)12(16,17)13(18,19)20/h7H,3-6H2,1-2H3,(H,23,24)/t10-/m1/s1. The van der Waals surface area contributed by atoms with Crippen molar-refractivity contribution < 1.29 is 45.4 Å². The molecule has 11 heteroatoms. The molecule has 0 aromatic carbocycles. The van der Waals surface area contributed by atoms with Crippen molar-refractivity contribution in [3.8, 4) is 0 Å². The Morgan fingerprint density at radius 1 is 1.12 bits per heavy atom. The van der Waals surface area contributed by atoms with Crippen molar-refractivity contribution in [2.75, 3.05) is 6.54 Å². The lowest BCUT2D eigenvalue weighted by Crippen LogP contribution is -2.64. The number of carbonyl (C=O) groups is 2. The second-order valence-corrected chi connectivity index (χ2v) is 6.14. The van der Waals surface area contributed by atoms with E-state index in [1.54, 1.807) is 0 Å². The normalized spacial score (nSPS) is 23.0. The van der Waals surface area contributed by atoms with Gasteiger partial charge in [-0.25, -0.2) is 4.79 Å².